The second-order valence-corrected chi connectivity index (χ2v) is 18.0. The Labute approximate surface area is 157 Å². The average molecular weight is 379 g/mol. The first-order chi connectivity index (χ1) is 11.0. The van der Waals surface area contributed by atoms with Crippen LogP contribution in [-0.4, -0.2) is 28.8 Å². The number of hydrogen-bond acceptors (Lipinski definition) is 2. The van der Waals surface area contributed by atoms with Crippen molar-refractivity contribution >= 4 is 33.6 Å². The van der Waals surface area contributed by atoms with Crippen LogP contribution >= 0.6 is 29.4 Å². The summed E-state index contributed by atoms with van der Waals surface area (Å²) in [6.45, 7) is 11.7. The van der Waals surface area contributed by atoms with Gasteiger partial charge in [-0.2, -0.15) is 0 Å². The van der Waals surface area contributed by atoms with Crippen LogP contribution in [0.5, 0.6) is 0 Å². The Kier molecular flexibility index (Phi) is 13.6. The zero-order valence-electron chi connectivity index (χ0n) is 16.7. The molecule has 0 aromatic heterocycles. The Hall–Kier alpha value is 0.870. The summed E-state index contributed by atoms with van der Waals surface area (Å²) in [5.41, 5.74) is 0. The molecule has 0 heterocycles. The summed E-state index contributed by atoms with van der Waals surface area (Å²) in [4.78, 5) is 0. The van der Waals surface area contributed by atoms with Gasteiger partial charge in [-0.25, -0.2) is 0 Å². The van der Waals surface area contributed by atoms with Crippen molar-refractivity contribution in [3.05, 3.63) is 0 Å². The standard InChI is InChI=1S/C20H43PS2/c1-6-11-16-21(17-12-7-2,18-13-8-3,19-14-9-4)23-20(22)15-10-5/h6-19H2,1-5H3. The molecule has 0 spiro atoms. The fraction of sp³-hybridized carbons (Fsp3) is 0.950. The van der Waals surface area contributed by atoms with Crippen LogP contribution in [0, 0.1) is 0 Å². The molecule has 0 rings (SSSR count). The third kappa shape index (κ3) is 8.68. The Balaban J connectivity index is 5.61. The van der Waals surface area contributed by atoms with E-state index >= 15 is 0 Å². The molecule has 0 N–H and O–H groups in total. The number of thiocarbonyl (C=S) groups is 1. The van der Waals surface area contributed by atoms with Gasteiger partial charge in [0.15, 0.2) is 0 Å². The quantitative estimate of drug-likeness (QED) is 0.207. The van der Waals surface area contributed by atoms with Crippen LogP contribution in [0.3, 0.4) is 0 Å². The van der Waals surface area contributed by atoms with E-state index in [0.29, 0.717) is 0 Å². The predicted octanol–water partition coefficient (Wildman–Crippen LogP) is 8.52. The SMILES string of the molecule is CCCCP(CCCC)(CCCC)(CCCC)SC(=S)CCC. The number of rotatable bonds is 15. The molecule has 0 aromatic carbocycles. The average Bonchev–Trinajstić information content (AvgIpc) is 2.55. The van der Waals surface area contributed by atoms with Crippen molar-refractivity contribution < 1.29 is 0 Å². The monoisotopic (exact) mass is 378 g/mol. The molecule has 0 nitrogen and oxygen atoms in total. The van der Waals surface area contributed by atoms with Gasteiger partial charge in [0.2, 0.25) is 0 Å². The number of unbranched alkanes of at least 4 members (excludes halogenated alkanes) is 4. The van der Waals surface area contributed by atoms with Crippen LogP contribution in [0.25, 0.3) is 0 Å². The molecular weight excluding hydrogens is 335 g/mol. The first-order valence-corrected chi connectivity index (χ1v) is 15.1. The molecular formula is C20H43PS2. The van der Waals surface area contributed by atoms with Crippen LogP contribution < -0.4 is 0 Å². The minimum atomic E-state index is -1.75. The summed E-state index contributed by atoms with van der Waals surface area (Å²) in [6.07, 6.45) is 19.3. The van der Waals surface area contributed by atoms with Crippen LogP contribution in [0.15, 0.2) is 0 Å². The molecule has 0 aromatic rings. The summed E-state index contributed by atoms with van der Waals surface area (Å²) >= 11 is 8.16. The van der Waals surface area contributed by atoms with Crippen LogP contribution in [0.4, 0.5) is 0 Å². The third-order valence-electron chi connectivity index (χ3n) is 5.12. The molecule has 0 saturated carbocycles. The molecule has 0 atom stereocenters. The van der Waals surface area contributed by atoms with Crippen molar-refractivity contribution in [1.82, 2.24) is 0 Å². The maximum atomic E-state index is 5.87. The summed E-state index contributed by atoms with van der Waals surface area (Å²) in [5.74, 6) is -1.75. The predicted molar refractivity (Wildman–Crippen MR) is 121 cm³/mol. The van der Waals surface area contributed by atoms with Crippen molar-refractivity contribution in [3.63, 3.8) is 0 Å². The van der Waals surface area contributed by atoms with Gasteiger partial charge >= 0.3 is 157 Å². The van der Waals surface area contributed by atoms with Crippen LogP contribution in [-0.2, 0) is 0 Å². The second kappa shape index (κ2) is 13.1. The van der Waals surface area contributed by atoms with E-state index in [4.69, 9.17) is 12.2 Å². The molecule has 0 saturated heterocycles. The summed E-state index contributed by atoms with van der Waals surface area (Å²) in [6, 6.07) is 0. The van der Waals surface area contributed by atoms with Crippen molar-refractivity contribution in [2.45, 2.75) is 98.8 Å². The second-order valence-electron chi connectivity index (χ2n) is 7.38. The van der Waals surface area contributed by atoms with Gasteiger partial charge < -0.3 is 0 Å². The van der Waals surface area contributed by atoms with E-state index in [1.165, 1.54) is 86.6 Å². The summed E-state index contributed by atoms with van der Waals surface area (Å²) < 4.78 is 1.34. The zero-order valence-corrected chi connectivity index (χ0v) is 19.2. The fourth-order valence-corrected chi connectivity index (χ4v) is 17.4. The maximum absolute atomic E-state index is 5.87. The van der Waals surface area contributed by atoms with E-state index in [1.54, 1.807) is 0 Å². The topological polar surface area (TPSA) is 0 Å². The normalized spacial score (nSPS) is 13.7. The van der Waals surface area contributed by atoms with E-state index in [0.717, 1.165) is 6.42 Å². The van der Waals surface area contributed by atoms with Crippen LogP contribution in [0.2, 0.25) is 0 Å². The first-order valence-electron chi connectivity index (χ1n) is 10.2. The van der Waals surface area contributed by atoms with E-state index in [-0.39, 0.29) is 0 Å². The zero-order chi connectivity index (χ0) is 17.6. The van der Waals surface area contributed by atoms with Gasteiger partial charge in [0, 0.05) is 0 Å². The van der Waals surface area contributed by atoms with Gasteiger partial charge in [-0.05, 0) is 0 Å². The molecule has 0 unspecified atom stereocenters. The molecule has 3 heteroatoms. The molecule has 0 radical (unpaired) electrons. The summed E-state index contributed by atoms with van der Waals surface area (Å²) in [7, 11) is 0. The van der Waals surface area contributed by atoms with E-state index in [2.05, 4.69) is 46.0 Å². The van der Waals surface area contributed by atoms with Gasteiger partial charge in [0.1, 0.15) is 0 Å². The number of hydrogen-bond donors (Lipinski definition) is 0. The van der Waals surface area contributed by atoms with Crippen LogP contribution in [0.1, 0.15) is 98.8 Å². The molecule has 0 bridgehead atoms. The van der Waals surface area contributed by atoms with Gasteiger partial charge in [0.25, 0.3) is 0 Å². The third-order valence-corrected chi connectivity index (χ3v) is 17.1. The summed E-state index contributed by atoms with van der Waals surface area (Å²) in [5, 5.41) is 0. The Morgan fingerprint density at radius 3 is 1.26 bits per heavy atom. The molecule has 23 heavy (non-hydrogen) atoms. The molecule has 0 aliphatic carbocycles. The molecule has 140 valence electrons. The van der Waals surface area contributed by atoms with E-state index < -0.39 is 5.81 Å². The first kappa shape index (κ1) is 23.9. The Morgan fingerprint density at radius 1 is 0.652 bits per heavy atom. The van der Waals surface area contributed by atoms with Crippen molar-refractivity contribution in [3.8, 4) is 0 Å². The Morgan fingerprint density at radius 2 is 1.00 bits per heavy atom. The van der Waals surface area contributed by atoms with Gasteiger partial charge in [-0.3, -0.25) is 0 Å². The van der Waals surface area contributed by atoms with E-state index in [9.17, 15) is 0 Å². The Bertz CT molecular complexity index is 271. The molecule has 0 fully saturated rings. The van der Waals surface area contributed by atoms with Gasteiger partial charge in [0.05, 0.1) is 0 Å². The van der Waals surface area contributed by atoms with Gasteiger partial charge in [-0.1, -0.05) is 0 Å². The molecule has 0 amide bonds. The minimum absolute atomic E-state index is 1.15. The van der Waals surface area contributed by atoms with Crippen molar-refractivity contribution in [2.75, 3.05) is 24.6 Å². The molecule has 0 aliphatic heterocycles. The fourth-order valence-electron chi connectivity index (χ4n) is 3.62. The van der Waals surface area contributed by atoms with Gasteiger partial charge in [-0.15, -0.1) is 0 Å². The van der Waals surface area contributed by atoms with E-state index in [1.807, 2.05) is 0 Å². The molecule has 0 aliphatic rings. The van der Waals surface area contributed by atoms with Crippen molar-refractivity contribution in [1.29, 1.82) is 0 Å². The van der Waals surface area contributed by atoms with Crippen molar-refractivity contribution in [2.24, 2.45) is 0 Å².